The van der Waals surface area contributed by atoms with Crippen LogP contribution in [0.1, 0.15) is 42.4 Å². The van der Waals surface area contributed by atoms with Crippen molar-refractivity contribution in [1.29, 1.82) is 0 Å². The third-order valence-corrected chi connectivity index (χ3v) is 7.83. The van der Waals surface area contributed by atoms with Crippen LogP contribution >= 0.6 is 0 Å². The van der Waals surface area contributed by atoms with Crippen LogP contribution in [0.3, 0.4) is 0 Å². The first kappa shape index (κ1) is 25.0. The second-order valence-electron chi connectivity index (χ2n) is 10.3. The Morgan fingerprint density at radius 2 is 1.78 bits per heavy atom. The average Bonchev–Trinajstić information content (AvgIpc) is 3.37. The molecule has 2 heterocycles. The van der Waals surface area contributed by atoms with Crippen LogP contribution in [0.25, 0.3) is 22.6 Å². The molecule has 1 aromatic heterocycles. The lowest BCUT2D eigenvalue weighted by Gasteiger charge is -2.25. The van der Waals surface area contributed by atoms with Crippen molar-refractivity contribution in [2.24, 2.45) is 5.92 Å². The van der Waals surface area contributed by atoms with E-state index in [9.17, 15) is 9.00 Å². The Labute approximate surface area is 219 Å². The van der Waals surface area contributed by atoms with Crippen molar-refractivity contribution in [3.05, 3.63) is 95.9 Å². The first-order valence-electron chi connectivity index (χ1n) is 12.4. The smallest absolute Gasteiger partial charge is 0.263 e. The van der Waals surface area contributed by atoms with Crippen LogP contribution in [-0.2, 0) is 23.8 Å². The van der Waals surface area contributed by atoms with Crippen molar-refractivity contribution in [1.82, 2.24) is 9.71 Å². The predicted octanol–water partition coefficient (Wildman–Crippen LogP) is 5.99. The summed E-state index contributed by atoms with van der Waals surface area (Å²) in [6, 6.07) is 23.3. The maximum absolute atomic E-state index is 12.9. The number of fused-ring (bicyclic) bond motifs is 1. The fourth-order valence-electron chi connectivity index (χ4n) is 4.37. The molecular formula is C30H30N2O4S. The van der Waals surface area contributed by atoms with Gasteiger partial charge in [-0.25, -0.2) is 9.19 Å². The van der Waals surface area contributed by atoms with E-state index >= 15 is 0 Å². The highest BCUT2D eigenvalue weighted by atomic mass is 32.2. The molecule has 0 fully saturated rings. The van der Waals surface area contributed by atoms with E-state index in [4.69, 9.17) is 9.15 Å². The maximum atomic E-state index is 12.9. The van der Waals surface area contributed by atoms with Gasteiger partial charge >= 0.3 is 0 Å². The maximum Gasteiger partial charge on any atom is 0.263 e. The lowest BCUT2D eigenvalue weighted by Crippen LogP contribution is -2.37. The predicted molar refractivity (Wildman–Crippen MR) is 146 cm³/mol. The molecule has 1 aliphatic rings. The van der Waals surface area contributed by atoms with Crippen LogP contribution in [0, 0.1) is 5.92 Å². The van der Waals surface area contributed by atoms with Crippen LogP contribution < -0.4 is 9.46 Å². The molecule has 1 aliphatic heterocycles. The first-order valence-corrected chi connectivity index (χ1v) is 13.5. The van der Waals surface area contributed by atoms with Crippen LogP contribution in [0.5, 0.6) is 5.75 Å². The summed E-state index contributed by atoms with van der Waals surface area (Å²) in [4.78, 5) is 17.6. The zero-order valence-electron chi connectivity index (χ0n) is 21.2. The van der Waals surface area contributed by atoms with Gasteiger partial charge in [-0.1, -0.05) is 48.5 Å². The summed E-state index contributed by atoms with van der Waals surface area (Å²) in [5.74, 6) is 1.39. The van der Waals surface area contributed by atoms with Crippen LogP contribution in [0.2, 0.25) is 0 Å². The number of nitrogens with zero attached hydrogens (tertiary/aromatic N) is 1. The summed E-state index contributed by atoms with van der Waals surface area (Å²) in [6.07, 6.45) is 3.37. The lowest BCUT2D eigenvalue weighted by atomic mass is 9.91. The fourth-order valence-corrected chi connectivity index (χ4v) is 4.95. The number of oxazole rings is 1. The van der Waals surface area contributed by atoms with Gasteiger partial charge in [-0.2, -0.15) is 0 Å². The van der Waals surface area contributed by atoms with Gasteiger partial charge in [0, 0.05) is 17.0 Å². The van der Waals surface area contributed by atoms with Crippen molar-refractivity contribution in [2.75, 3.05) is 6.61 Å². The molecular weight excluding hydrogens is 484 g/mol. The van der Waals surface area contributed by atoms with Gasteiger partial charge in [-0.15, -0.1) is 0 Å². The molecule has 1 amide bonds. The van der Waals surface area contributed by atoms with E-state index < -0.39 is 15.7 Å². The minimum atomic E-state index is -1.50. The van der Waals surface area contributed by atoms with E-state index in [0.717, 1.165) is 46.5 Å². The van der Waals surface area contributed by atoms with Crippen molar-refractivity contribution >= 4 is 16.9 Å². The topological polar surface area (TPSA) is 81.4 Å². The summed E-state index contributed by atoms with van der Waals surface area (Å²) in [7, 11) is -1.50. The van der Waals surface area contributed by atoms with Gasteiger partial charge in [0.2, 0.25) is 5.89 Å². The van der Waals surface area contributed by atoms with E-state index in [1.54, 1.807) is 12.3 Å². The standard InChI is InChI=1S/C30H30N2O4S/c1-30(2,3)37(34)32-28(33)26-12-8-7-11-25(26)22-13-14-23-15-20(18-35-27(23)17-22)16-24-19-36-29(31-24)21-9-5-4-6-10-21/h4-14,17,19-20H,15-16,18H2,1-3H3,(H,32,33)/t20-,37?/m0/s1. The highest BCUT2D eigenvalue weighted by Gasteiger charge is 2.25. The Hall–Kier alpha value is -3.71. The molecule has 1 unspecified atom stereocenters. The summed E-state index contributed by atoms with van der Waals surface area (Å²) < 4.78 is 26.4. The summed E-state index contributed by atoms with van der Waals surface area (Å²) in [6.45, 7) is 6.06. The molecule has 0 aliphatic carbocycles. The molecule has 7 heteroatoms. The number of ether oxygens (including phenoxy) is 1. The summed E-state index contributed by atoms with van der Waals surface area (Å²) in [5, 5.41) is 0. The molecule has 4 aromatic rings. The number of hydrogen-bond donors (Lipinski definition) is 1. The molecule has 6 nitrogen and oxygen atoms in total. The number of amides is 1. The molecule has 1 N–H and O–H groups in total. The van der Waals surface area contributed by atoms with E-state index in [1.165, 1.54) is 0 Å². The van der Waals surface area contributed by atoms with Gasteiger partial charge in [0.15, 0.2) is 0 Å². The third kappa shape index (κ3) is 5.67. The average molecular weight is 515 g/mol. The summed E-state index contributed by atoms with van der Waals surface area (Å²) >= 11 is 0. The quantitative estimate of drug-likeness (QED) is 0.342. The van der Waals surface area contributed by atoms with Gasteiger partial charge in [0.05, 0.1) is 17.0 Å². The first-order chi connectivity index (χ1) is 17.8. The Morgan fingerprint density at radius 3 is 2.57 bits per heavy atom. The molecule has 190 valence electrons. The zero-order chi connectivity index (χ0) is 26.0. The highest BCUT2D eigenvalue weighted by Crippen LogP contribution is 2.34. The van der Waals surface area contributed by atoms with Gasteiger partial charge in [0.25, 0.3) is 5.91 Å². The van der Waals surface area contributed by atoms with E-state index in [-0.39, 0.29) is 11.8 Å². The minimum absolute atomic E-state index is 0.289. The SMILES string of the molecule is CC(C)(C)S(=O)NC(=O)c1ccccc1-c1ccc2c(c1)OC[C@H](Cc1coc(-c3ccccc3)n1)C2. The van der Waals surface area contributed by atoms with E-state index in [0.29, 0.717) is 18.1 Å². The number of aromatic nitrogens is 1. The van der Waals surface area contributed by atoms with Crippen molar-refractivity contribution < 1.29 is 18.2 Å². The second-order valence-corrected chi connectivity index (χ2v) is 12.2. The minimum Gasteiger partial charge on any atom is -0.493 e. The van der Waals surface area contributed by atoms with Crippen LogP contribution in [0.4, 0.5) is 0 Å². The number of carbonyl (C=O) groups is 1. The third-order valence-electron chi connectivity index (χ3n) is 6.34. The van der Waals surface area contributed by atoms with Gasteiger partial charge < -0.3 is 9.15 Å². The summed E-state index contributed by atoms with van der Waals surface area (Å²) in [5.41, 5.74) is 5.14. The van der Waals surface area contributed by atoms with Gasteiger partial charge in [0.1, 0.15) is 23.0 Å². The van der Waals surface area contributed by atoms with Crippen molar-refractivity contribution in [2.45, 2.75) is 38.4 Å². The molecule has 0 saturated carbocycles. The zero-order valence-corrected chi connectivity index (χ0v) is 22.0. The molecule has 3 aromatic carbocycles. The van der Waals surface area contributed by atoms with Crippen LogP contribution in [0.15, 0.2) is 83.5 Å². The normalized spacial score (nSPS) is 15.9. The number of carbonyl (C=O) groups excluding carboxylic acids is 1. The molecule has 0 radical (unpaired) electrons. The fraction of sp³-hybridized carbons (Fsp3) is 0.267. The molecule has 0 saturated heterocycles. The van der Waals surface area contributed by atoms with Gasteiger partial charge in [-0.05, 0) is 74.6 Å². The largest absolute Gasteiger partial charge is 0.493 e. The van der Waals surface area contributed by atoms with Crippen molar-refractivity contribution in [3.63, 3.8) is 0 Å². The number of rotatable bonds is 6. The van der Waals surface area contributed by atoms with E-state index in [1.807, 2.05) is 81.4 Å². The molecule has 2 atom stereocenters. The highest BCUT2D eigenvalue weighted by molar-refractivity contribution is 7.85. The Kier molecular flexibility index (Phi) is 6.98. The molecule has 37 heavy (non-hydrogen) atoms. The number of benzene rings is 3. The van der Waals surface area contributed by atoms with Gasteiger partial charge in [-0.3, -0.25) is 9.52 Å². The molecule has 5 rings (SSSR count). The monoisotopic (exact) mass is 514 g/mol. The van der Waals surface area contributed by atoms with Crippen molar-refractivity contribution in [3.8, 4) is 28.3 Å². The second kappa shape index (κ2) is 10.3. The molecule has 0 bridgehead atoms. The lowest BCUT2D eigenvalue weighted by molar-refractivity contribution is 0.0983. The number of nitrogens with one attached hydrogen (secondary N) is 1. The van der Waals surface area contributed by atoms with Crippen LogP contribution in [-0.4, -0.2) is 26.5 Å². The molecule has 0 spiro atoms. The van der Waals surface area contributed by atoms with E-state index in [2.05, 4.69) is 15.8 Å². The number of hydrogen-bond acceptors (Lipinski definition) is 5. The Morgan fingerprint density at radius 1 is 1.03 bits per heavy atom. The Bertz CT molecular complexity index is 1440. The Balaban J connectivity index is 1.30.